The van der Waals surface area contributed by atoms with E-state index >= 15 is 0 Å². The SMILES string of the molecule is Cc1noc([C@@H]2C3CCC(C[C@H]2c2ccccc2)N3C)n1.Cl. The molecule has 118 valence electrons. The summed E-state index contributed by atoms with van der Waals surface area (Å²) in [6, 6.07) is 12.0. The maximum absolute atomic E-state index is 5.57. The Labute approximate surface area is 137 Å². The Hall–Kier alpha value is -1.39. The van der Waals surface area contributed by atoms with Crippen LogP contribution in [0.1, 0.15) is 48.4 Å². The molecule has 3 heterocycles. The number of rotatable bonds is 2. The van der Waals surface area contributed by atoms with Crippen LogP contribution in [-0.2, 0) is 0 Å². The summed E-state index contributed by atoms with van der Waals surface area (Å²) >= 11 is 0. The maximum atomic E-state index is 5.57. The Kier molecular flexibility index (Phi) is 4.24. The number of likely N-dealkylation sites (N-methyl/N-ethyl adjacent to an activating group) is 1. The van der Waals surface area contributed by atoms with Crippen LogP contribution < -0.4 is 0 Å². The van der Waals surface area contributed by atoms with E-state index in [-0.39, 0.29) is 12.4 Å². The van der Waals surface area contributed by atoms with Gasteiger partial charge in [-0.15, -0.1) is 12.4 Å². The molecule has 4 rings (SSSR count). The lowest BCUT2D eigenvalue weighted by atomic mass is 9.76. The van der Waals surface area contributed by atoms with Crippen molar-refractivity contribution in [3.05, 3.63) is 47.6 Å². The first-order valence-electron chi connectivity index (χ1n) is 7.81. The Morgan fingerprint density at radius 1 is 1.18 bits per heavy atom. The molecule has 2 fully saturated rings. The second-order valence-electron chi connectivity index (χ2n) is 6.42. The number of fused-ring (bicyclic) bond motifs is 2. The second kappa shape index (κ2) is 6.01. The minimum Gasteiger partial charge on any atom is -0.339 e. The first-order chi connectivity index (χ1) is 10.2. The molecular formula is C17H22ClN3O. The van der Waals surface area contributed by atoms with Crippen molar-refractivity contribution >= 4 is 12.4 Å². The van der Waals surface area contributed by atoms with E-state index in [9.17, 15) is 0 Å². The van der Waals surface area contributed by atoms with Crippen LogP contribution in [-0.4, -0.2) is 34.2 Å². The van der Waals surface area contributed by atoms with Gasteiger partial charge < -0.3 is 4.52 Å². The van der Waals surface area contributed by atoms with E-state index in [0.717, 1.165) is 11.7 Å². The molecule has 2 aliphatic heterocycles. The molecule has 0 N–H and O–H groups in total. The Bertz CT molecular complexity index is 630. The van der Waals surface area contributed by atoms with Crippen LogP contribution in [0.15, 0.2) is 34.9 Å². The molecule has 1 aromatic carbocycles. The Balaban J connectivity index is 0.00000144. The molecule has 2 aromatic rings. The van der Waals surface area contributed by atoms with Crippen LogP contribution in [0.4, 0.5) is 0 Å². The summed E-state index contributed by atoms with van der Waals surface area (Å²) in [5.74, 6) is 2.36. The van der Waals surface area contributed by atoms with E-state index in [1.165, 1.54) is 24.8 Å². The summed E-state index contributed by atoms with van der Waals surface area (Å²) in [5, 5.41) is 4.02. The monoisotopic (exact) mass is 319 g/mol. The Morgan fingerprint density at radius 3 is 2.64 bits per heavy atom. The maximum Gasteiger partial charge on any atom is 0.231 e. The smallest absolute Gasteiger partial charge is 0.231 e. The van der Waals surface area contributed by atoms with Crippen molar-refractivity contribution in [1.82, 2.24) is 15.0 Å². The number of piperidine rings is 1. The van der Waals surface area contributed by atoms with Gasteiger partial charge in [0.15, 0.2) is 5.82 Å². The highest BCUT2D eigenvalue weighted by molar-refractivity contribution is 5.85. The van der Waals surface area contributed by atoms with Gasteiger partial charge in [0.1, 0.15) is 0 Å². The summed E-state index contributed by atoms with van der Waals surface area (Å²) < 4.78 is 5.57. The number of benzene rings is 1. The summed E-state index contributed by atoms with van der Waals surface area (Å²) in [4.78, 5) is 7.09. The number of nitrogens with zero attached hydrogens (tertiary/aromatic N) is 3. The van der Waals surface area contributed by atoms with Gasteiger partial charge in [0.05, 0.1) is 5.92 Å². The molecule has 2 bridgehead atoms. The summed E-state index contributed by atoms with van der Waals surface area (Å²) in [6.45, 7) is 1.90. The summed E-state index contributed by atoms with van der Waals surface area (Å²) in [5.41, 5.74) is 1.41. The van der Waals surface area contributed by atoms with Crippen molar-refractivity contribution in [2.24, 2.45) is 0 Å². The van der Waals surface area contributed by atoms with Crippen molar-refractivity contribution < 1.29 is 4.52 Å². The first kappa shape index (κ1) is 15.5. The standard InChI is InChI=1S/C17H21N3O.ClH/c1-11-18-17(21-19-11)16-14(12-6-4-3-5-7-12)10-13-8-9-15(16)20(13)2;/h3-7,13-16H,8-10H2,1-2H3;1H/t13?,14-,15?,16-;/m0./s1. The lowest BCUT2D eigenvalue weighted by molar-refractivity contribution is 0.120. The lowest BCUT2D eigenvalue weighted by Gasteiger charge is -2.41. The lowest BCUT2D eigenvalue weighted by Crippen LogP contribution is -2.44. The minimum atomic E-state index is 0. The van der Waals surface area contributed by atoms with Gasteiger partial charge in [-0.05, 0) is 44.7 Å². The van der Waals surface area contributed by atoms with Crippen LogP contribution in [0.2, 0.25) is 0 Å². The van der Waals surface area contributed by atoms with E-state index < -0.39 is 0 Å². The zero-order chi connectivity index (χ0) is 14.4. The molecule has 5 heteroatoms. The molecule has 2 aliphatic rings. The normalized spacial score (nSPS) is 31.0. The highest BCUT2D eigenvalue weighted by atomic mass is 35.5. The molecule has 2 saturated heterocycles. The molecule has 0 spiro atoms. The van der Waals surface area contributed by atoms with E-state index in [0.29, 0.717) is 23.9 Å². The van der Waals surface area contributed by atoms with Gasteiger partial charge in [0.2, 0.25) is 5.89 Å². The highest BCUT2D eigenvalue weighted by Gasteiger charge is 2.48. The van der Waals surface area contributed by atoms with Crippen molar-refractivity contribution in [2.45, 2.75) is 50.1 Å². The predicted octanol–water partition coefficient (Wildman–Crippen LogP) is 3.53. The first-order valence-corrected chi connectivity index (χ1v) is 7.81. The fourth-order valence-electron chi connectivity index (χ4n) is 4.29. The van der Waals surface area contributed by atoms with Crippen molar-refractivity contribution in [3.63, 3.8) is 0 Å². The van der Waals surface area contributed by atoms with Crippen LogP contribution >= 0.6 is 12.4 Å². The average Bonchev–Trinajstić information content (AvgIpc) is 3.01. The fourth-order valence-corrected chi connectivity index (χ4v) is 4.29. The number of aryl methyl sites for hydroxylation is 1. The van der Waals surface area contributed by atoms with Crippen LogP contribution in [0, 0.1) is 6.92 Å². The van der Waals surface area contributed by atoms with Crippen LogP contribution in [0.25, 0.3) is 0 Å². The quantitative estimate of drug-likeness (QED) is 0.849. The minimum absolute atomic E-state index is 0. The molecule has 4 atom stereocenters. The van der Waals surface area contributed by atoms with Gasteiger partial charge in [-0.25, -0.2) is 0 Å². The third kappa shape index (κ3) is 2.44. The number of halogens is 1. The largest absolute Gasteiger partial charge is 0.339 e. The molecule has 0 aliphatic carbocycles. The molecule has 1 aromatic heterocycles. The molecule has 0 saturated carbocycles. The zero-order valence-corrected chi connectivity index (χ0v) is 13.8. The topological polar surface area (TPSA) is 42.2 Å². The average molecular weight is 320 g/mol. The zero-order valence-electron chi connectivity index (χ0n) is 13.0. The summed E-state index contributed by atoms with van der Waals surface area (Å²) in [6.07, 6.45) is 3.70. The van der Waals surface area contributed by atoms with Crippen molar-refractivity contribution in [2.75, 3.05) is 7.05 Å². The van der Waals surface area contributed by atoms with Gasteiger partial charge in [0, 0.05) is 12.1 Å². The van der Waals surface area contributed by atoms with E-state index in [4.69, 9.17) is 4.52 Å². The fraction of sp³-hybridized carbons (Fsp3) is 0.529. The van der Waals surface area contributed by atoms with Crippen molar-refractivity contribution in [1.29, 1.82) is 0 Å². The van der Waals surface area contributed by atoms with Gasteiger partial charge in [0.25, 0.3) is 0 Å². The van der Waals surface area contributed by atoms with Gasteiger partial charge >= 0.3 is 0 Å². The van der Waals surface area contributed by atoms with Crippen LogP contribution in [0.5, 0.6) is 0 Å². The second-order valence-corrected chi connectivity index (χ2v) is 6.42. The van der Waals surface area contributed by atoms with Crippen molar-refractivity contribution in [3.8, 4) is 0 Å². The molecular weight excluding hydrogens is 298 g/mol. The van der Waals surface area contributed by atoms with Gasteiger partial charge in [-0.1, -0.05) is 35.5 Å². The third-order valence-electron chi connectivity index (χ3n) is 5.32. The number of aromatic nitrogens is 2. The molecule has 2 unspecified atom stereocenters. The highest BCUT2D eigenvalue weighted by Crippen LogP contribution is 2.50. The molecule has 4 nitrogen and oxygen atoms in total. The van der Waals surface area contributed by atoms with Gasteiger partial charge in [-0.3, -0.25) is 4.90 Å². The number of hydrogen-bond acceptors (Lipinski definition) is 4. The predicted molar refractivity (Wildman–Crippen MR) is 87.4 cm³/mol. The van der Waals surface area contributed by atoms with E-state index in [1.807, 2.05) is 6.92 Å². The van der Waals surface area contributed by atoms with E-state index in [1.54, 1.807) is 0 Å². The van der Waals surface area contributed by atoms with Crippen LogP contribution in [0.3, 0.4) is 0 Å². The molecule has 0 amide bonds. The van der Waals surface area contributed by atoms with Gasteiger partial charge in [-0.2, -0.15) is 4.98 Å². The molecule has 0 radical (unpaired) electrons. The number of hydrogen-bond donors (Lipinski definition) is 0. The summed E-state index contributed by atoms with van der Waals surface area (Å²) in [7, 11) is 2.25. The third-order valence-corrected chi connectivity index (χ3v) is 5.32. The van der Waals surface area contributed by atoms with E-state index in [2.05, 4.69) is 52.4 Å². The molecule has 22 heavy (non-hydrogen) atoms. The Morgan fingerprint density at radius 2 is 1.95 bits per heavy atom.